The van der Waals surface area contributed by atoms with Gasteiger partial charge in [0.1, 0.15) is 0 Å². The molecule has 1 N–H and O–H groups in total. The van der Waals surface area contributed by atoms with E-state index in [1.807, 2.05) is 0 Å². The molecule has 2 aromatic carbocycles. The number of carbonyl (C=O) groups is 2. The Hall–Kier alpha value is -3.08. The van der Waals surface area contributed by atoms with E-state index in [9.17, 15) is 9.59 Å². The van der Waals surface area contributed by atoms with E-state index in [0.29, 0.717) is 22.6 Å². The van der Waals surface area contributed by atoms with Crippen LogP contribution in [0.5, 0.6) is 11.5 Å². The van der Waals surface area contributed by atoms with Gasteiger partial charge in [-0.3, -0.25) is 9.59 Å². The van der Waals surface area contributed by atoms with Crippen molar-refractivity contribution in [3.8, 4) is 11.5 Å². The highest BCUT2D eigenvalue weighted by Gasteiger charge is 2.16. The van der Waals surface area contributed by atoms with Crippen molar-refractivity contribution < 1.29 is 24.2 Å². The maximum Gasteiger partial charge on any atom is 0.307 e. The van der Waals surface area contributed by atoms with Gasteiger partial charge in [0.05, 0.1) is 20.6 Å². The second kappa shape index (κ2) is 7.97. The van der Waals surface area contributed by atoms with E-state index in [1.165, 1.54) is 14.2 Å². The number of hydrogen-bond donors (Lipinski definition) is 1. The summed E-state index contributed by atoms with van der Waals surface area (Å²) in [6.07, 6.45) is 1.20. The summed E-state index contributed by atoms with van der Waals surface area (Å²) >= 11 is 0. The lowest BCUT2D eigenvalue weighted by Gasteiger charge is -2.09. The van der Waals surface area contributed by atoms with E-state index in [-0.39, 0.29) is 17.8 Å². The van der Waals surface area contributed by atoms with E-state index in [1.54, 1.807) is 54.6 Å². The van der Waals surface area contributed by atoms with Crippen LogP contribution in [-0.2, 0) is 4.79 Å². The van der Waals surface area contributed by atoms with Crippen LogP contribution >= 0.6 is 0 Å². The largest absolute Gasteiger partial charge is 0.493 e. The Balaban J connectivity index is 2.42. The minimum atomic E-state index is -1.06. The smallest absolute Gasteiger partial charge is 0.307 e. The summed E-state index contributed by atoms with van der Waals surface area (Å²) in [6, 6.07) is 13.7. The van der Waals surface area contributed by atoms with Crippen molar-refractivity contribution in [2.24, 2.45) is 0 Å². The number of rotatable bonds is 7. The molecule has 2 rings (SSSR count). The van der Waals surface area contributed by atoms with Crippen molar-refractivity contribution in [2.75, 3.05) is 14.2 Å². The fourth-order valence-corrected chi connectivity index (χ4v) is 2.28. The quantitative estimate of drug-likeness (QED) is 0.623. The van der Waals surface area contributed by atoms with Gasteiger partial charge in [-0.25, -0.2) is 0 Å². The first-order valence-electron chi connectivity index (χ1n) is 7.29. The molecule has 124 valence electrons. The molecule has 0 saturated carbocycles. The van der Waals surface area contributed by atoms with E-state index in [2.05, 4.69) is 0 Å². The Morgan fingerprint density at radius 1 is 1.00 bits per heavy atom. The number of benzene rings is 2. The van der Waals surface area contributed by atoms with Crippen LogP contribution in [0.1, 0.15) is 22.3 Å². The monoisotopic (exact) mass is 326 g/mol. The zero-order valence-corrected chi connectivity index (χ0v) is 13.5. The summed E-state index contributed by atoms with van der Waals surface area (Å²) in [5.74, 6) is -0.310. The molecule has 0 heterocycles. The summed E-state index contributed by atoms with van der Waals surface area (Å²) < 4.78 is 10.4. The van der Waals surface area contributed by atoms with E-state index in [4.69, 9.17) is 14.6 Å². The molecule has 24 heavy (non-hydrogen) atoms. The van der Waals surface area contributed by atoms with Crippen LogP contribution in [0.2, 0.25) is 0 Å². The summed E-state index contributed by atoms with van der Waals surface area (Å²) in [7, 11) is 3.04. The number of ether oxygens (including phenoxy) is 2. The molecule has 5 heteroatoms. The molecule has 0 aromatic heterocycles. The van der Waals surface area contributed by atoms with Gasteiger partial charge in [0.25, 0.3) is 0 Å². The van der Waals surface area contributed by atoms with E-state index < -0.39 is 5.97 Å². The normalized spacial score (nSPS) is 11.0. The average molecular weight is 326 g/mol. The second-order valence-corrected chi connectivity index (χ2v) is 5.05. The summed E-state index contributed by atoms with van der Waals surface area (Å²) in [4.78, 5) is 23.7. The second-order valence-electron chi connectivity index (χ2n) is 5.05. The zero-order valence-electron chi connectivity index (χ0n) is 13.5. The number of Topliss-reactive ketones (excluding diaryl/α,β-unsaturated/α-hetero) is 1. The Morgan fingerprint density at radius 3 is 2.25 bits per heavy atom. The molecule has 0 unspecified atom stereocenters. The molecule has 0 amide bonds. The SMILES string of the molecule is COc1ccc(C=C(CC(=O)O)C(=O)c2ccccc2)cc1OC. The van der Waals surface area contributed by atoms with Gasteiger partial charge in [0.15, 0.2) is 17.3 Å². The number of ketones is 1. The summed E-state index contributed by atoms with van der Waals surface area (Å²) in [6.45, 7) is 0. The highest BCUT2D eigenvalue weighted by Crippen LogP contribution is 2.29. The molecule has 0 spiro atoms. The minimum Gasteiger partial charge on any atom is -0.493 e. The van der Waals surface area contributed by atoms with Gasteiger partial charge in [0, 0.05) is 11.1 Å². The standard InChI is InChI=1S/C19H18O5/c1-23-16-9-8-13(11-17(16)24-2)10-15(12-18(20)21)19(22)14-6-4-3-5-7-14/h3-11H,12H2,1-2H3,(H,20,21). The van der Waals surface area contributed by atoms with Crippen molar-refractivity contribution in [1.82, 2.24) is 0 Å². The van der Waals surface area contributed by atoms with E-state index in [0.717, 1.165) is 0 Å². The van der Waals surface area contributed by atoms with Gasteiger partial charge in [-0.1, -0.05) is 36.4 Å². The van der Waals surface area contributed by atoms with Crippen LogP contribution < -0.4 is 9.47 Å². The topological polar surface area (TPSA) is 72.8 Å². The highest BCUT2D eigenvalue weighted by molar-refractivity contribution is 6.13. The summed E-state index contributed by atoms with van der Waals surface area (Å²) in [5, 5.41) is 9.10. The first-order chi connectivity index (χ1) is 11.5. The van der Waals surface area contributed by atoms with Crippen LogP contribution in [-0.4, -0.2) is 31.1 Å². The molecule has 0 radical (unpaired) electrons. The Morgan fingerprint density at radius 2 is 1.67 bits per heavy atom. The van der Waals surface area contributed by atoms with Crippen molar-refractivity contribution >= 4 is 17.8 Å². The average Bonchev–Trinajstić information content (AvgIpc) is 2.60. The molecule has 0 fully saturated rings. The fraction of sp³-hybridized carbons (Fsp3) is 0.158. The lowest BCUT2D eigenvalue weighted by molar-refractivity contribution is -0.136. The van der Waals surface area contributed by atoms with Gasteiger partial charge in [-0.05, 0) is 23.8 Å². The Labute approximate surface area is 140 Å². The lowest BCUT2D eigenvalue weighted by Crippen LogP contribution is -2.08. The van der Waals surface area contributed by atoms with Crippen molar-refractivity contribution in [1.29, 1.82) is 0 Å². The lowest BCUT2D eigenvalue weighted by atomic mass is 9.98. The Bertz CT molecular complexity index is 763. The first kappa shape index (κ1) is 17.3. The summed E-state index contributed by atoms with van der Waals surface area (Å²) in [5.41, 5.74) is 1.31. The number of carboxylic acid groups (broad SMARTS) is 1. The molecular formula is C19H18O5. The maximum atomic E-state index is 12.6. The number of aliphatic carboxylic acids is 1. The Kier molecular flexibility index (Phi) is 5.73. The molecule has 0 bridgehead atoms. The van der Waals surface area contributed by atoms with Crippen molar-refractivity contribution in [3.63, 3.8) is 0 Å². The van der Waals surface area contributed by atoms with Crippen LogP contribution in [0.3, 0.4) is 0 Å². The molecule has 0 aliphatic rings. The number of carbonyl (C=O) groups excluding carboxylic acids is 1. The van der Waals surface area contributed by atoms with Gasteiger partial charge in [-0.15, -0.1) is 0 Å². The molecule has 0 aliphatic carbocycles. The van der Waals surface area contributed by atoms with Crippen molar-refractivity contribution in [2.45, 2.75) is 6.42 Å². The van der Waals surface area contributed by atoms with Gasteiger partial charge < -0.3 is 14.6 Å². The molecule has 0 aliphatic heterocycles. The van der Waals surface area contributed by atoms with Gasteiger partial charge in [0.2, 0.25) is 0 Å². The maximum absolute atomic E-state index is 12.6. The zero-order chi connectivity index (χ0) is 17.5. The molecular weight excluding hydrogens is 308 g/mol. The predicted molar refractivity (Wildman–Crippen MR) is 90.5 cm³/mol. The van der Waals surface area contributed by atoms with Gasteiger partial charge >= 0.3 is 5.97 Å². The first-order valence-corrected chi connectivity index (χ1v) is 7.29. The van der Waals surface area contributed by atoms with Crippen LogP contribution in [0, 0.1) is 0 Å². The number of methoxy groups -OCH3 is 2. The minimum absolute atomic E-state index is 0.195. The fourth-order valence-electron chi connectivity index (χ4n) is 2.28. The third-order valence-electron chi connectivity index (χ3n) is 3.42. The number of hydrogen-bond acceptors (Lipinski definition) is 4. The molecule has 0 atom stereocenters. The van der Waals surface area contributed by atoms with Crippen LogP contribution in [0.4, 0.5) is 0 Å². The van der Waals surface area contributed by atoms with Crippen LogP contribution in [0.15, 0.2) is 54.1 Å². The third kappa shape index (κ3) is 4.23. The highest BCUT2D eigenvalue weighted by atomic mass is 16.5. The van der Waals surface area contributed by atoms with E-state index >= 15 is 0 Å². The molecule has 2 aromatic rings. The predicted octanol–water partition coefficient (Wildman–Crippen LogP) is 3.44. The molecule has 0 saturated heterocycles. The molecule has 5 nitrogen and oxygen atoms in total. The van der Waals surface area contributed by atoms with Crippen LogP contribution in [0.25, 0.3) is 6.08 Å². The van der Waals surface area contributed by atoms with Crippen molar-refractivity contribution in [3.05, 3.63) is 65.2 Å². The number of carboxylic acids is 1. The third-order valence-corrected chi connectivity index (χ3v) is 3.42. The van der Waals surface area contributed by atoms with Gasteiger partial charge in [-0.2, -0.15) is 0 Å².